The molecule has 1 aromatic heterocycles. The number of carbonyl (C=O) groups is 1. The molecule has 0 spiro atoms. The molecule has 0 unspecified atom stereocenters. The maximum atomic E-state index is 10.8. The summed E-state index contributed by atoms with van der Waals surface area (Å²) < 4.78 is 13.5. The second kappa shape index (κ2) is 6.31. The molecule has 0 aromatic carbocycles. The average molecular weight is 238 g/mol. The molecule has 8 nitrogen and oxygen atoms in total. The molecule has 0 fully saturated rings. The van der Waals surface area contributed by atoms with Crippen LogP contribution < -0.4 is 0 Å². The lowest BCUT2D eigenvalue weighted by atomic mass is 10.6. The number of rotatable bonds is 2. The van der Waals surface area contributed by atoms with Crippen LogP contribution in [-0.4, -0.2) is 37.2 Å². The molecule has 0 saturated carbocycles. The van der Waals surface area contributed by atoms with Gasteiger partial charge in [-0.3, -0.25) is 0 Å². The fourth-order valence-electron chi connectivity index (χ4n) is 0.576. The van der Waals surface area contributed by atoms with E-state index in [1.165, 1.54) is 6.20 Å². The molecule has 15 heavy (non-hydrogen) atoms. The molecule has 0 saturated heterocycles. The summed E-state index contributed by atoms with van der Waals surface area (Å²) in [5.41, 5.74) is 0. The Morgan fingerprint density at radius 1 is 1.60 bits per heavy atom. The molecule has 0 bridgehead atoms. The zero-order valence-electron chi connectivity index (χ0n) is 7.82. The van der Waals surface area contributed by atoms with Crippen LogP contribution >= 0.6 is 7.82 Å². The van der Waals surface area contributed by atoms with Gasteiger partial charge in [-0.25, -0.2) is 14.3 Å². The molecule has 0 atom stereocenters. The van der Waals surface area contributed by atoms with E-state index in [4.69, 9.17) is 19.2 Å². The molecule has 1 rings (SSSR count). The molecule has 4 N–H and O–H groups in total. The molecule has 1 aromatic rings. The SMILES string of the molecule is CCOC(=O)c1ncc[nH]1.O=P(O)(O)O. The van der Waals surface area contributed by atoms with Crippen molar-refractivity contribution < 1.29 is 28.8 Å². The third-order valence-electron chi connectivity index (χ3n) is 0.967. The number of nitrogens with one attached hydrogen (secondary N) is 1. The number of nitrogens with zero attached hydrogens (tertiary/aromatic N) is 1. The van der Waals surface area contributed by atoms with Crippen LogP contribution in [0.2, 0.25) is 0 Å². The summed E-state index contributed by atoms with van der Waals surface area (Å²) in [6.07, 6.45) is 3.08. The molecule has 0 radical (unpaired) electrons. The van der Waals surface area contributed by atoms with E-state index < -0.39 is 13.8 Å². The van der Waals surface area contributed by atoms with Crippen LogP contribution in [0.5, 0.6) is 0 Å². The molecular formula is C6H11N2O6P. The number of H-pyrrole nitrogens is 1. The number of aromatic nitrogens is 2. The first kappa shape index (κ1) is 13.8. The van der Waals surface area contributed by atoms with Gasteiger partial charge in [-0.15, -0.1) is 0 Å². The van der Waals surface area contributed by atoms with Crippen LogP contribution in [0, 0.1) is 0 Å². The lowest BCUT2D eigenvalue weighted by Crippen LogP contribution is -2.06. The summed E-state index contributed by atoms with van der Waals surface area (Å²) in [5.74, 6) is -0.158. The van der Waals surface area contributed by atoms with Gasteiger partial charge >= 0.3 is 13.8 Å². The van der Waals surface area contributed by atoms with Gasteiger partial charge in [-0.1, -0.05) is 0 Å². The highest BCUT2D eigenvalue weighted by Crippen LogP contribution is 2.25. The summed E-state index contributed by atoms with van der Waals surface area (Å²) in [7, 11) is -4.64. The topological polar surface area (TPSA) is 133 Å². The van der Waals surface area contributed by atoms with Gasteiger partial charge in [0.1, 0.15) is 0 Å². The standard InChI is InChI=1S/C6H8N2O2.H3O4P/c1-2-10-6(9)5-7-3-4-8-5;1-5(2,3)4/h3-4H,2H2,1H3,(H,7,8);(H3,1,2,3,4). The summed E-state index contributed by atoms with van der Waals surface area (Å²) in [6.45, 7) is 2.13. The van der Waals surface area contributed by atoms with Crippen molar-refractivity contribution in [3.05, 3.63) is 18.2 Å². The molecule has 0 amide bonds. The van der Waals surface area contributed by atoms with E-state index in [0.29, 0.717) is 6.61 Å². The number of esters is 1. The minimum absolute atomic E-state index is 0.252. The van der Waals surface area contributed by atoms with Gasteiger partial charge in [0.05, 0.1) is 6.61 Å². The molecule has 0 aliphatic rings. The molecule has 0 aliphatic carbocycles. The zero-order chi connectivity index (χ0) is 11.9. The third-order valence-corrected chi connectivity index (χ3v) is 0.967. The number of ether oxygens (including phenoxy) is 1. The summed E-state index contributed by atoms with van der Waals surface area (Å²) in [5, 5.41) is 0. The van der Waals surface area contributed by atoms with Crippen LogP contribution in [0.1, 0.15) is 17.5 Å². The first-order valence-electron chi connectivity index (χ1n) is 3.79. The lowest BCUT2D eigenvalue weighted by molar-refractivity contribution is 0.0513. The Morgan fingerprint density at radius 2 is 2.13 bits per heavy atom. The Hall–Kier alpha value is -1.21. The first-order valence-corrected chi connectivity index (χ1v) is 5.36. The van der Waals surface area contributed by atoms with E-state index in [1.54, 1.807) is 13.1 Å². The highest BCUT2D eigenvalue weighted by Gasteiger charge is 2.06. The Morgan fingerprint density at radius 3 is 2.47 bits per heavy atom. The van der Waals surface area contributed by atoms with Crippen molar-refractivity contribution >= 4 is 13.8 Å². The first-order chi connectivity index (χ1) is 6.84. The summed E-state index contributed by atoms with van der Waals surface area (Å²) in [4.78, 5) is 38.7. The van der Waals surface area contributed by atoms with Crippen LogP contribution in [0.15, 0.2) is 12.4 Å². The largest absolute Gasteiger partial charge is 0.466 e. The fraction of sp³-hybridized carbons (Fsp3) is 0.333. The normalized spacial score (nSPS) is 10.1. The van der Waals surface area contributed by atoms with Crippen molar-refractivity contribution in [1.29, 1.82) is 0 Å². The number of hydrogen-bond acceptors (Lipinski definition) is 4. The number of phosphoric acid groups is 1. The molecular weight excluding hydrogens is 227 g/mol. The van der Waals surface area contributed by atoms with Gasteiger partial charge in [0.25, 0.3) is 0 Å². The van der Waals surface area contributed by atoms with Gasteiger partial charge in [-0.05, 0) is 6.92 Å². The molecule has 1 heterocycles. The van der Waals surface area contributed by atoms with Gasteiger partial charge in [-0.2, -0.15) is 0 Å². The lowest BCUT2D eigenvalue weighted by Gasteiger charge is -1.95. The molecule has 0 aliphatic heterocycles. The van der Waals surface area contributed by atoms with Crippen molar-refractivity contribution in [3.63, 3.8) is 0 Å². The van der Waals surface area contributed by atoms with Crippen molar-refractivity contribution in [2.75, 3.05) is 6.61 Å². The number of carbonyl (C=O) groups excluding carboxylic acids is 1. The maximum Gasteiger partial charge on any atom is 0.466 e. The van der Waals surface area contributed by atoms with Crippen LogP contribution in [0.3, 0.4) is 0 Å². The Labute approximate surface area is 85.2 Å². The van der Waals surface area contributed by atoms with Crippen molar-refractivity contribution in [2.24, 2.45) is 0 Å². The number of imidazole rings is 1. The van der Waals surface area contributed by atoms with Crippen molar-refractivity contribution in [1.82, 2.24) is 9.97 Å². The highest BCUT2D eigenvalue weighted by molar-refractivity contribution is 7.45. The summed E-state index contributed by atoms with van der Waals surface area (Å²) in [6, 6.07) is 0. The van der Waals surface area contributed by atoms with E-state index in [-0.39, 0.29) is 5.82 Å². The van der Waals surface area contributed by atoms with Crippen LogP contribution in [-0.2, 0) is 9.30 Å². The third kappa shape index (κ3) is 9.10. The smallest absolute Gasteiger partial charge is 0.460 e. The predicted molar refractivity (Wildman–Crippen MR) is 48.8 cm³/mol. The second-order valence-corrected chi connectivity index (χ2v) is 3.20. The Balaban J connectivity index is 0.000000336. The maximum absolute atomic E-state index is 10.8. The second-order valence-electron chi connectivity index (χ2n) is 2.17. The van der Waals surface area contributed by atoms with Gasteiger partial charge < -0.3 is 24.4 Å². The van der Waals surface area contributed by atoms with E-state index in [1.807, 2.05) is 0 Å². The van der Waals surface area contributed by atoms with Gasteiger partial charge in [0.15, 0.2) is 0 Å². The summed E-state index contributed by atoms with van der Waals surface area (Å²) >= 11 is 0. The van der Waals surface area contributed by atoms with Gasteiger partial charge in [0.2, 0.25) is 5.82 Å². The highest BCUT2D eigenvalue weighted by atomic mass is 31.2. The molecule has 9 heteroatoms. The average Bonchev–Trinajstić information content (AvgIpc) is 2.52. The van der Waals surface area contributed by atoms with Crippen molar-refractivity contribution in [3.8, 4) is 0 Å². The van der Waals surface area contributed by atoms with Crippen LogP contribution in [0.25, 0.3) is 0 Å². The molecule has 86 valence electrons. The minimum Gasteiger partial charge on any atom is -0.460 e. The van der Waals surface area contributed by atoms with Crippen LogP contribution in [0.4, 0.5) is 0 Å². The number of aromatic amines is 1. The number of hydrogen-bond donors (Lipinski definition) is 4. The minimum atomic E-state index is -4.64. The van der Waals surface area contributed by atoms with E-state index in [0.717, 1.165) is 0 Å². The van der Waals surface area contributed by atoms with Gasteiger partial charge in [0, 0.05) is 12.4 Å². The fourth-order valence-corrected chi connectivity index (χ4v) is 0.576. The monoisotopic (exact) mass is 238 g/mol. The van der Waals surface area contributed by atoms with E-state index in [9.17, 15) is 4.79 Å². The van der Waals surface area contributed by atoms with E-state index in [2.05, 4.69) is 14.7 Å². The van der Waals surface area contributed by atoms with E-state index >= 15 is 0 Å². The zero-order valence-corrected chi connectivity index (χ0v) is 8.72. The van der Waals surface area contributed by atoms with Crippen molar-refractivity contribution in [2.45, 2.75) is 6.92 Å². The Kier molecular flexibility index (Phi) is 5.80. The predicted octanol–water partition coefficient (Wildman–Crippen LogP) is -0.342. The Bertz CT molecular complexity index is 323. The quantitative estimate of drug-likeness (QED) is 0.409.